The highest BCUT2D eigenvalue weighted by Crippen LogP contribution is 2.24. The van der Waals surface area contributed by atoms with E-state index in [0.717, 1.165) is 6.42 Å². The first-order valence-electron chi connectivity index (χ1n) is 6.62. The van der Waals surface area contributed by atoms with Crippen molar-refractivity contribution in [1.29, 1.82) is 0 Å². The van der Waals surface area contributed by atoms with Gasteiger partial charge in [0.15, 0.2) is 5.71 Å². The van der Waals surface area contributed by atoms with Gasteiger partial charge < -0.3 is 5.11 Å². The summed E-state index contributed by atoms with van der Waals surface area (Å²) in [7, 11) is 0. The molecule has 0 aliphatic carbocycles. The van der Waals surface area contributed by atoms with Crippen LogP contribution in [0.15, 0.2) is 0 Å². The van der Waals surface area contributed by atoms with Gasteiger partial charge in [0.25, 0.3) is 0 Å². The van der Waals surface area contributed by atoms with Crippen molar-refractivity contribution in [3.63, 3.8) is 0 Å². The zero-order valence-electron chi connectivity index (χ0n) is 11.6. The summed E-state index contributed by atoms with van der Waals surface area (Å²) in [5, 5.41) is 9.86. The third kappa shape index (κ3) is 3.89. The van der Waals surface area contributed by atoms with Crippen LogP contribution in [-0.4, -0.2) is 34.1 Å². The zero-order valence-corrected chi connectivity index (χ0v) is 11.6. The van der Waals surface area contributed by atoms with Crippen LogP contribution < -0.4 is 0 Å². The minimum absolute atomic E-state index is 0.542. The molecule has 0 unspecified atom stereocenters. The lowest BCUT2D eigenvalue weighted by molar-refractivity contribution is -0.509. The van der Waals surface area contributed by atoms with Gasteiger partial charge in [0, 0.05) is 25.7 Å². The van der Waals surface area contributed by atoms with E-state index < -0.39 is 5.60 Å². The second-order valence-electron chi connectivity index (χ2n) is 6.12. The molecule has 0 spiro atoms. The number of hydrogen-bond acceptors (Lipinski definition) is 1. The summed E-state index contributed by atoms with van der Waals surface area (Å²) in [5.41, 5.74) is 0.966. The van der Waals surface area contributed by atoms with Crippen molar-refractivity contribution >= 4 is 5.71 Å². The summed E-state index contributed by atoms with van der Waals surface area (Å²) >= 11 is 0. The molecule has 1 rings (SSSR count). The molecule has 0 aromatic rings. The molecule has 94 valence electrons. The minimum Gasteiger partial charge on any atom is -0.390 e. The fourth-order valence-electron chi connectivity index (χ4n) is 2.73. The summed E-state index contributed by atoms with van der Waals surface area (Å²) in [6.07, 6.45) is 3.55. The van der Waals surface area contributed by atoms with Crippen molar-refractivity contribution in [1.82, 2.24) is 0 Å². The van der Waals surface area contributed by atoms with Gasteiger partial charge in [0.05, 0.1) is 5.60 Å². The number of nitrogens with zero attached hydrogens (tertiary/aromatic N) is 1. The van der Waals surface area contributed by atoms with Crippen molar-refractivity contribution in [2.45, 2.75) is 59.5 Å². The predicted molar refractivity (Wildman–Crippen MR) is 69.2 cm³/mol. The molecule has 1 aliphatic rings. The molecule has 1 fully saturated rings. The Balaban J connectivity index is 2.62. The van der Waals surface area contributed by atoms with E-state index in [1.807, 2.05) is 13.8 Å². The minimum atomic E-state index is -0.543. The van der Waals surface area contributed by atoms with Crippen LogP contribution in [0.2, 0.25) is 0 Å². The molecule has 0 aromatic heterocycles. The summed E-state index contributed by atoms with van der Waals surface area (Å²) in [4.78, 5) is 0. The quantitative estimate of drug-likeness (QED) is 0.732. The second kappa shape index (κ2) is 5.31. The van der Waals surface area contributed by atoms with Gasteiger partial charge in [-0.3, -0.25) is 0 Å². The first-order valence-corrected chi connectivity index (χ1v) is 6.62. The normalized spacial score (nSPS) is 21.0. The fourth-order valence-corrected chi connectivity index (χ4v) is 2.73. The third-order valence-electron chi connectivity index (χ3n) is 3.94. The molecule has 1 saturated heterocycles. The van der Waals surface area contributed by atoms with Gasteiger partial charge in [-0.15, -0.1) is 0 Å². The molecule has 1 N–H and O–H groups in total. The van der Waals surface area contributed by atoms with E-state index in [-0.39, 0.29) is 0 Å². The van der Waals surface area contributed by atoms with Gasteiger partial charge in [-0.05, 0) is 26.2 Å². The molecule has 16 heavy (non-hydrogen) atoms. The second-order valence-corrected chi connectivity index (χ2v) is 6.12. The lowest BCUT2D eigenvalue weighted by Gasteiger charge is -2.25. The van der Waals surface area contributed by atoms with Crippen LogP contribution in [0.1, 0.15) is 53.9 Å². The van der Waals surface area contributed by atoms with Gasteiger partial charge >= 0.3 is 0 Å². The Kier molecular flexibility index (Phi) is 4.54. The van der Waals surface area contributed by atoms with Crippen molar-refractivity contribution in [2.24, 2.45) is 11.8 Å². The third-order valence-corrected chi connectivity index (χ3v) is 3.94. The van der Waals surface area contributed by atoms with Gasteiger partial charge in [-0.25, -0.2) is 4.58 Å². The maximum Gasteiger partial charge on any atom is 0.152 e. The highest BCUT2D eigenvalue weighted by atomic mass is 16.3. The van der Waals surface area contributed by atoms with Gasteiger partial charge in [-0.1, -0.05) is 13.8 Å². The first kappa shape index (κ1) is 13.7. The van der Waals surface area contributed by atoms with Crippen LogP contribution in [0.25, 0.3) is 0 Å². The van der Waals surface area contributed by atoms with Crippen molar-refractivity contribution in [3.8, 4) is 0 Å². The molecule has 2 nitrogen and oxygen atoms in total. The Morgan fingerprint density at radius 2 is 1.75 bits per heavy atom. The molecule has 0 amide bonds. The summed E-state index contributed by atoms with van der Waals surface area (Å²) < 4.78 is 2.52. The molecule has 0 aromatic carbocycles. The molecule has 0 saturated carbocycles. The van der Waals surface area contributed by atoms with E-state index in [2.05, 4.69) is 25.3 Å². The summed E-state index contributed by atoms with van der Waals surface area (Å²) in [6, 6.07) is 0. The summed E-state index contributed by atoms with van der Waals surface area (Å²) in [6.45, 7) is 13.1. The molecular formula is C14H28NO+. The number of hydrogen-bond donors (Lipinski definition) is 1. The van der Waals surface area contributed by atoms with Crippen molar-refractivity contribution in [2.75, 3.05) is 13.1 Å². The van der Waals surface area contributed by atoms with E-state index >= 15 is 0 Å². The van der Waals surface area contributed by atoms with Gasteiger partial charge in [0.1, 0.15) is 13.1 Å². The van der Waals surface area contributed by atoms with Crippen LogP contribution in [0.3, 0.4) is 0 Å². The molecule has 1 heterocycles. The Hall–Kier alpha value is -0.370. The monoisotopic (exact) mass is 226 g/mol. The van der Waals surface area contributed by atoms with Gasteiger partial charge in [-0.2, -0.15) is 0 Å². The van der Waals surface area contributed by atoms with Gasteiger partial charge in [0.2, 0.25) is 0 Å². The smallest absolute Gasteiger partial charge is 0.152 e. The standard InChI is InChI=1S/C14H28NO/c1-11(10-14(4,5)16)12(2)13(3)15-8-6-7-9-15/h11-12,16H,6-10H2,1-5H3/q+1/t11-,12+/m1/s1. The van der Waals surface area contributed by atoms with E-state index in [0.29, 0.717) is 11.8 Å². The molecule has 2 heteroatoms. The lowest BCUT2D eigenvalue weighted by atomic mass is 9.83. The SMILES string of the molecule is CC([C@@H](C)[C@H](C)CC(C)(C)O)=[N+]1CCCC1. The van der Waals surface area contributed by atoms with Crippen LogP contribution in [0, 0.1) is 11.8 Å². The average molecular weight is 226 g/mol. The lowest BCUT2D eigenvalue weighted by Crippen LogP contribution is -2.31. The van der Waals surface area contributed by atoms with Crippen LogP contribution in [0.4, 0.5) is 0 Å². The number of aliphatic hydroxyl groups is 1. The van der Waals surface area contributed by atoms with E-state index in [1.54, 1.807) is 0 Å². The van der Waals surface area contributed by atoms with E-state index in [1.165, 1.54) is 31.6 Å². The highest BCUT2D eigenvalue weighted by molar-refractivity contribution is 5.79. The number of rotatable bonds is 4. The topological polar surface area (TPSA) is 23.2 Å². The molecular weight excluding hydrogens is 198 g/mol. The zero-order chi connectivity index (χ0) is 12.3. The molecule has 2 atom stereocenters. The predicted octanol–water partition coefficient (Wildman–Crippen LogP) is 2.69. The van der Waals surface area contributed by atoms with E-state index in [4.69, 9.17) is 0 Å². The Bertz CT molecular complexity index is 254. The summed E-state index contributed by atoms with van der Waals surface area (Å²) in [5.74, 6) is 1.12. The first-order chi connectivity index (χ1) is 7.31. The van der Waals surface area contributed by atoms with Crippen LogP contribution >= 0.6 is 0 Å². The largest absolute Gasteiger partial charge is 0.390 e. The van der Waals surface area contributed by atoms with Crippen LogP contribution in [0.5, 0.6) is 0 Å². The Morgan fingerprint density at radius 1 is 1.25 bits per heavy atom. The van der Waals surface area contributed by atoms with Crippen LogP contribution in [-0.2, 0) is 0 Å². The molecule has 1 aliphatic heterocycles. The highest BCUT2D eigenvalue weighted by Gasteiger charge is 2.28. The average Bonchev–Trinajstić information content (AvgIpc) is 2.65. The maximum atomic E-state index is 9.86. The molecule has 0 bridgehead atoms. The fraction of sp³-hybridized carbons (Fsp3) is 0.929. The maximum absolute atomic E-state index is 9.86. The Morgan fingerprint density at radius 3 is 2.19 bits per heavy atom. The Labute approximate surface area is 100 Å². The van der Waals surface area contributed by atoms with Crippen molar-refractivity contribution in [3.05, 3.63) is 0 Å². The molecule has 0 radical (unpaired) electrons. The van der Waals surface area contributed by atoms with Crippen molar-refractivity contribution < 1.29 is 9.68 Å². The van der Waals surface area contributed by atoms with E-state index in [9.17, 15) is 5.11 Å².